The summed E-state index contributed by atoms with van der Waals surface area (Å²) in [5.74, 6) is -1.64. The summed E-state index contributed by atoms with van der Waals surface area (Å²) in [7, 11) is 3.03. The Balaban J connectivity index is 1.59. The van der Waals surface area contributed by atoms with E-state index in [-0.39, 0.29) is 30.7 Å². The lowest BCUT2D eigenvalue weighted by atomic mass is 9.96. The van der Waals surface area contributed by atoms with Crippen LogP contribution in [0.15, 0.2) is 18.2 Å². The quantitative estimate of drug-likeness (QED) is 0.636. The van der Waals surface area contributed by atoms with Gasteiger partial charge in [0.25, 0.3) is 0 Å². The average Bonchev–Trinajstić information content (AvgIpc) is 3.19. The summed E-state index contributed by atoms with van der Waals surface area (Å²) < 4.78 is 10.6. The van der Waals surface area contributed by atoms with Crippen molar-refractivity contribution in [3.63, 3.8) is 0 Å². The third kappa shape index (κ3) is 4.95. The van der Waals surface area contributed by atoms with Gasteiger partial charge in [0, 0.05) is 32.1 Å². The maximum Gasteiger partial charge on any atom is 0.306 e. The number of rotatable bonds is 7. The lowest BCUT2D eigenvalue weighted by molar-refractivity contribution is -0.146. The van der Waals surface area contributed by atoms with Gasteiger partial charge in [-0.2, -0.15) is 0 Å². The van der Waals surface area contributed by atoms with Crippen LogP contribution in [0.1, 0.15) is 26.2 Å². The molecule has 0 radical (unpaired) electrons. The molecule has 0 aromatic heterocycles. The Kier molecular flexibility index (Phi) is 7.22. The molecular weight excluding hydrogens is 418 g/mol. The van der Waals surface area contributed by atoms with Crippen molar-refractivity contribution < 1.29 is 33.8 Å². The summed E-state index contributed by atoms with van der Waals surface area (Å²) >= 11 is 0. The second-order valence-corrected chi connectivity index (χ2v) is 8.11. The number of nitrogens with one attached hydrogen (secondary N) is 1. The van der Waals surface area contributed by atoms with Crippen molar-refractivity contribution in [3.8, 4) is 11.5 Å². The molecule has 10 heteroatoms. The zero-order valence-corrected chi connectivity index (χ0v) is 18.5. The number of hydrogen-bond acceptors (Lipinski definition) is 6. The van der Waals surface area contributed by atoms with E-state index in [0.29, 0.717) is 43.1 Å². The first-order valence-electron chi connectivity index (χ1n) is 10.6. The third-order valence-corrected chi connectivity index (χ3v) is 6.06. The molecule has 0 saturated carbocycles. The van der Waals surface area contributed by atoms with Gasteiger partial charge in [-0.05, 0) is 31.9 Å². The normalized spacial score (nSPS) is 20.1. The fourth-order valence-corrected chi connectivity index (χ4v) is 4.14. The maximum atomic E-state index is 12.8. The summed E-state index contributed by atoms with van der Waals surface area (Å²) in [6.07, 6.45) is 0.834. The molecule has 2 heterocycles. The Hall–Kier alpha value is -3.30. The first-order valence-corrected chi connectivity index (χ1v) is 10.6. The molecule has 1 aromatic carbocycles. The lowest BCUT2D eigenvalue weighted by Gasteiger charge is -2.32. The van der Waals surface area contributed by atoms with E-state index in [1.165, 1.54) is 19.1 Å². The van der Waals surface area contributed by atoms with Gasteiger partial charge in [0.05, 0.1) is 31.7 Å². The molecule has 1 aromatic rings. The van der Waals surface area contributed by atoms with Gasteiger partial charge in [-0.3, -0.25) is 19.2 Å². The minimum Gasteiger partial charge on any atom is -0.497 e. The number of methoxy groups -OCH3 is 2. The smallest absolute Gasteiger partial charge is 0.306 e. The van der Waals surface area contributed by atoms with Crippen molar-refractivity contribution in [2.24, 2.45) is 11.8 Å². The Labute approximate surface area is 186 Å². The van der Waals surface area contributed by atoms with Crippen LogP contribution in [-0.2, 0) is 19.2 Å². The lowest BCUT2D eigenvalue weighted by Crippen LogP contribution is -2.51. The highest BCUT2D eigenvalue weighted by molar-refractivity contribution is 6.02. The minimum absolute atomic E-state index is 0.0337. The Morgan fingerprint density at radius 2 is 1.81 bits per heavy atom. The molecule has 3 rings (SSSR count). The topological polar surface area (TPSA) is 125 Å². The number of aliphatic carboxylic acids is 1. The van der Waals surface area contributed by atoms with Crippen LogP contribution in [0.25, 0.3) is 0 Å². The number of anilines is 1. The van der Waals surface area contributed by atoms with E-state index in [1.54, 1.807) is 30.0 Å². The minimum atomic E-state index is -0.845. The number of amides is 3. The maximum absolute atomic E-state index is 12.8. The summed E-state index contributed by atoms with van der Waals surface area (Å²) in [5, 5.41) is 11.8. The van der Waals surface area contributed by atoms with Crippen molar-refractivity contribution in [2.45, 2.75) is 32.2 Å². The number of nitrogens with zero attached hydrogens (tertiary/aromatic N) is 2. The predicted molar refractivity (Wildman–Crippen MR) is 115 cm³/mol. The van der Waals surface area contributed by atoms with Crippen LogP contribution in [0.5, 0.6) is 11.5 Å². The number of benzene rings is 1. The van der Waals surface area contributed by atoms with E-state index in [9.17, 15) is 19.2 Å². The van der Waals surface area contributed by atoms with Gasteiger partial charge in [-0.1, -0.05) is 0 Å². The van der Waals surface area contributed by atoms with Crippen LogP contribution in [0.3, 0.4) is 0 Å². The summed E-state index contributed by atoms with van der Waals surface area (Å²) in [4.78, 5) is 52.2. The number of carboxylic acid groups (broad SMARTS) is 1. The Bertz CT molecular complexity index is 896. The highest BCUT2D eigenvalue weighted by atomic mass is 16.5. The van der Waals surface area contributed by atoms with Gasteiger partial charge in [0.1, 0.15) is 17.5 Å². The number of carboxylic acids is 1. The van der Waals surface area contributed by atoms with Crippen molar-refractivity contribution in [1.82, 2.24) is 10.2 Å². The van der Waals surface area contributed by atoms with E-state index in [2.05, 4.69) is 5.32 Å². The molecule has 2 N–H and O–H groups in total. The van der Waals surface area contributed by atoms with Crippen LogP contribution in [0.4, 0.5) is 5.69 Å². The molecular formula is C22H29N3O7. The molecule has 32 heavy (non-hydrogen) atoms. The zero-order valence-electron chi connectivity index (χ0n) is 18.5. The van der Waals surface area contributed by atoms with Crippen LogP contribution in [0.2, 0.25) is 0 Å². The molecule has 2 aliphatic rings. The molecule has 3 amide bonds. The molecule has 174 valence electrons. The van der Waals surface area contributed by atoms with Gasteiger partial charge < -0.3 is 29.7 Å². The van der Waals surface area contributed by atoms with E-state index in [1.807, 2.05) is 0 Å². The van der Waals surface area contributed by atoms with Crippen molar-refractivity contribution in [2.75, 3.05) is 38.8 Å². The fraction of sp³-hybridized carbons (Fsp3) is 0.545. The average molecular weight is 447 g/mol. The summed E-state index contributed by atoms with van der Waals surface area (Å²) in [6.45, 7) is 2.48. The first kappa shape index (κ1) is 23.4. The molecule has 10 nitrogen and oxygen atoms in total. The van der Waals surface area contributed by atoms with Gasteiger partial charge >= 0.3 is 5.97 Å². The van der Waals surface area contributed by atoms with Crippen molar-refractivity contribution in [1.29, 1.82) is 0 Å². The van der Waals surface area contributed by atoms with Crippen LogP contribution in [0, 0.1) is 11.8 Å². The Morgan fingerprint density at radius 3 is 2.41 bits per heavy atom. The number of piperidine rings is 1. The molecule has 2 aliphatic heterocycles. The largest absolute Gasteiger partial charge is 0.497 e. The van der Waals surface area contributed by atoms with Crippen LogP contribution < -0.4 is 19.7 Å². The molecule has 2 saturated heterocycles. The van der Waals surface area contributed by atoms with E-state index in [4.69, 9.17) is 14.6 Å². The van der Waals surface area contributed by atoms with Gasteiger partial charge in [-0.15, -0.1) is 0 Å². The van der Waals surface area contributed by atoms with Crippen LogP contribution in [-0.4, -0.2) is 73.6 Å². The number of likely N-dealkylation sites (tertiary alicyclic amines) is 1. The van der Waals surface area contributed by atoms with Crippen molar-refractivity contribution >= 4 is 29.4 Å². The molecule has 2 unspecified atom stereocenters. The molecule has 0 bridgehead atoms. The second kappa shape index (κ2) is 9.88. The summed E-state index contributed by atoms with van der Waals surface area (Å²) in [5.41, 5.74) is 0.555. The van der Waals surface area contributed by atoms with E-state index in [0.717, 1.165) is 0 Å². The highest BCUT2D eigenvalue weighted by Gasteiger charge is 2.38. The Morgan fingerprint density at radius 1 is 1.12 bits per heavy atom. The predicted octanol–water partition coefficient (Wildman–Crippen LogP) is 0.885. The SMILES string of the molecule is COc1ccc(N2CC(C(=O)NC(C)C(=O)N3CCC(C(=O)O)CC3)CC2=O)c(OC)c1. The number of carbonyl (C=O) groups is 4. The van der Waals surface area contributed by atoms with Gasteiger partial charge in [-0.25, -0.2) is 0 Å². The number of hydrogen-bond donors (Lipinski definition) is 2. The standard InChI is InChI=1S/C22H29N3O7/c1-13(21(28)24-8-6-14(7-9-24)22(29)30)23-20(27)15-10-19(26)25(12-15)17-5-4-16(31-2)11-18(17)32-3/h4-5,11,13-15H,6-10,12H2,1-3H3,(H,23,27)(H,29,30). The first-order chi connectivity index (χ1) is 15.2. The number of carbonyl (C=O) groups excluding carboxylic acids is 3. The van der Waals surface area contributed by atoms with Gasteiger partial charge in [0.15, 0.2) is 0 Å². The molecule has 0 aliphatic carbocycles. The van der Waals surface area contributed by atoms with Crippen molar-refractivity contribution in [3.05, 3.63) is 18.2 Å². The molecule has 0 spiro atoms. The fourth-order valence-electron chi connectivity index (χ4n) is 4.14. The van der Waals surface area contributed by atoms with Gasteiger partial charge in [0.2, 0.25) is 17.7 Å². The molecule has 2 atom stereocenters. The monoisotopic (exact) mass is 447 g/mol. The number of ether oxygens (including phenoxy) is 2. The van der Waals surface area contributed by atoms with Crippen LogP contribution >= 0.6 is 0 Å². The zero-order chi connectivity index (χ0) is 23.4. The van der Waals surface area contributed by atoms with E-state index < -0.39 is 23.8 Å². The highest BCUT2D eigenvalue weighted by Crippen LogP contribution is 2.35. The molecule has 2 fully saturated rings. The third-order valence-electron chi connectivity index (χ3n) is 6.06. The summed E-state index contributed by atoms with van der Waals surface area (Å²) in [6, 6.07) is 4.34. The second-order valence-electron chi connectivity index (χ2n) is 8.11. The van der Waals surface area contributed by atoms with E-state index >= 15 is 0 Å².